The predicted octanol–water partition coefficient (Wildman–Crippen LogP) is 2.27. The zero-order valence-electron chi connectivity index (χ0n) is 11.7. The van der Waals surface area contributed by atoms with E-state index in [4.69, 9.17) is 16.3 Å². The molecule has 2 rings (SSSR count). The number of benzene rings is 1. The van der Waals surface area contributed by atoms with E-state index >= 15 is 0 Å². The van der Waals surface area contributed by atoms with Crippen molar-refractivity contribution in [2.24, 2.45) is 0 Å². The Morgan fingerprint density at radius 2 is 2.35 bits per heavy atom. The van der Waals surface area contributed by atoms with Crippen molar-refractivity contribution >= 4 is 17.5 Å². The third-order valence-electron chi connectivity index (χ3n) is 2.90. The number of ether oxygens (including phenoxy) is 1. The van der Waals surface area contributed by atoms with Crippen molar-refractivity contribution in [3.05, 3.63) is 40.9 Å². The molecule has 0 fully saturated rings. The maximum Gasteiger partial charge on any atom is 0.241 e. The van der Waals surface area contributed by atoms with Crippen molar-refractivity contribution in [1.29, 1.82) is 0 Å². The molecule has 108 valence electrons. The van der Waals surface area contributed by atoms with Gasteiger partial charge < -0.3 is 10.1 Å². The molecule has 1 aromatic carbocycles. The molecule has 0 bridgehead atoms. The number of hydrogen-bond acceptors (Lipinski definition) is 3. The second kappa shape index (κ2) is 6.77. The van der Waals surface area contributed by atoms with Crippen molar-refractivity contribution in [2.45, 2.75) is 32.5 Å². The number of nitrogens with one attached hydrogen (secondary N) is 2. The molecule has 1 atom stereocenters. The molecule has 20 heavy (non-hydrogen) atoms. The summed E-state index contributed by atoms with van der Waals surface area (Å²) < 4.78 is 5.72. The molecule has 0 spiro atoms. The molecule has 1 aliphatic rings. The number of halogens is 1. The summed E-state index contributed by atoms with van der Waals surface area (Å²) in [5.74, 6) is 0.703. The Balaban J connectivity index is 2.02. The van der Waals surface area contributed by atoms with Gasteiger partial charge in [-0.1, -0.05) is 23.8 Å². The molecule has 0 unspecified atom stereocenters. The Morgan fingerprint density at radius 1 is 1.55 bits per heavy atom. The maximum atomic E-state index is 11.9. The van der Waals surface area contributed by atoms with Crippen LogP contribution in [0, 0.1) is 0 Å². The minimum Gasteiger partial charge on any atom is -0.491 e. The number of carbonyl (C=O) groups excluding carboxylic acids is 1. The Bertz CT molecular complexity index is 515. The average molecular weight is 295 g/mol. The smallest absolute Gasteiger partial charge is 0.241 e. The molecule has 0 saturated heterocycles. The summed E-state index contributed by atoms with van der Waals surface area (Å²) in [7, 11) is 0. The Kier molecular flexibility index (Phi) is 5.04. The van der Waals surface area contributed by atoms with Gasteiger partial charge in [-0.15, -0.1) is 0 Å². The van der Waals surface area contributed by atoms with Crippen molar-refractivity contribution in [3.63, 3.8) is 0 Å². The first kappa shape index (κ1) is 14.9. The fraction of sp³-hybridized carbons (Fsp3) is 0.400. The highest BCUT2D eigenvalue weighted by Crippen LogP contribution is 2.23. The zero-order chi connectivity index (χ0) is 14.5. The van der Waals surface area contributed by atoms with E-state index in [2.05, 4.69) is 10.6 Å². The lowest BCUT2D eigenvalue weighted by molar-refractivity contribution is -0.122. The Labute approximate surface area is 124 Å². The SMILES string of the molecule is CC(C)Oc1ccc(Cl)cc1CNC(=O)[C@@H]1C=CCN1. The quantitative estimate of drug-likeness (QED) is 0.819. The van der Waals surface area contributed by atoms with Crippen LogP contribution in [-0.4, -0.2) is 24.6 Å². The van der Waals surface area contributed by atoms with Gasteiger partial charge in [0, 0.05) is 23.7 Å². The molecular weight excluding hydrogens is 276 g/mol. The molecular formula is C15H19ClN2O2. The Morgan fingerprint density at radius 3 is 3.00 bits per heavy atom. The largest absolute Gasteiger partial charge is 0.491 e. The molecule has 0 aliphatic carbocycles. The van der Waals surface area contributed by atoms with Crippen molar-refractivity contribution in [1.82, 2.24) is 10.6 Å². The zero-order valence-corrected chi connectivity index (χ0v) is 12.4. The molecule has 0 aromatic heterocycles. The molecule has 2 N–H and O–H groups in total. The van der Waals surface area contributed by atoms with Crippen LogP contribution in [0.1, 0.15) is 19.4 Å². The highest BCUT2D eigenvalue weighted by molar-refractivity contribution is 6.30. The first-order valence-corrected chi connectivity index (χ1v) is 7.07. The highest BCUT2D eigenvalue weighted by Gasteiger charge is 2.17. The van der Waals surface area contributed by atoms with Gasteiger partial charge in [-0.25, -0.2) is 0 Å². The topological polar surface area (TPSA) is 50.4 Å². The molecule has 5 heteroatoms. The first-order valence-electron chi connectivity index (χ1n) is 6.69. The van der Waals surface area contributed by atoms with Crippen LogP contribution in [0.3, 0.4) is 0 Å². The van der Waals surface area contributed by atoms with Crippen LogP contribution in [0.4, 0.5) is 0 Å². The fourth-order valence-corrected chi connectivity index (χ4v) is 2.19. The third kappa shape index (κ3) is 3.99. The molecule has 0 radical (unpaired) electrons. The summed E-state index contributed by atoms with van der Waals surface area (Å²) in [5, 5.41) is 6.59. The van der Waals surface area contributed by atoms with Gasteiger partial charge in [0.15, 0.2) is 0 Å². The van der Waals surface area contributed by atoms with Crippen LogP contribution < -0.4 is 15.4 Å². The predicted molar refractivity (Wildman–Crippen MR) is 80.0 cm³/mol. The molecule has 1 aliphatic heterocycles. The molecule has 1 amide bonds. The maximum absolute atomic E-state index is 11.9. The van der Waals surface area contributed by atoms with E-state index in [0.717, 1.165) is 17.9 Å². The van der Waals surface area contributed by atoms with Gasteiger partial charge in [-0.05, 0) is 32.0 Å². The lowest BCUT2D eigenvalue weighted by Crippen LogP contribution is -2.40. The second-order valence-electron chi connectivity index (χ2n) is 4.95. The van der Waals surface area contributed by atoms with E-state index in [0.29, 0.717) is 11.6 Å². The summed E-state index contributed by atoms with van der Waals surface area (Å²) in [6.45, 7) is 5.05. The van der Waals surface area contributed by atoms with E-state index in [1.807, 2.05) is 38.1 Å². The normalized spacial score (nSPS) is 17.5. The van der Waals surface area contributed by atoms with E-state index in [1.165, 1.54) is 0 Å². The van der Waals surface area contributed by atoms with Gasteiger partial charge >= 0.3 is 0 Å². The van der Waals surface area contributed by atoms with Gasteiger partial charge in [0.05, 0.1) is 6.10 Å². The summed E-state index contributed by atoms with van der Waals surface area (Å²) in [4.78, 5) is 11.9. The first-order chi connectivity index (χ1) is 9.56. The average Bonchev–Trinajstić information content (AvgIpc) is 2.92. The van der Waals surface area contributed by atoms with Gasteiger partial charge in [-0.3, -0.25) is 10.1 Å². The summed E-state index contributed by atoms with van der Waals surface area (Å²) >= 11 is 6.00. The van der Waals surface area contributed by atoms with Gasteiger partial charge in [0.25, 0.3) is 0 Å². The van der Waals surface area contributed by atoms with E-state index in [1.54, 1.807) is 6.07 Å². The van der Waals surface area contributed by atoms with Gasteiger partial charge in [-0.2, -0.15) is 0 Å². The minimum atomic E-state index is -0.247. The van der Waals surface area contributed by atoms with Crippen molar-refractivity contribution in [3.8, 4) is 5.75 Å². The molecule has 1 heterocycles. The van der Waals surface area contributed by atoms with Crippen LogP contribution in [0.25, 0.3) is 0 Å². The number of amides is 1. The van der Waals surface area contributed by atoms with E-state index < -0.39 is 0 Å². The van der Waals surface area contributed by atoms with Crippen LogP contribution in [0.5, 0.6) is 5.75 Å². The molecule has 0 saturated carbocycles. The lowest BCUT2D eigenvalue weighted by Gasteiger charge is -2.16. The fourth-order valence-electron chi connectivity index (χ4n) is 1.99. The van der Waals surface area contributed by atoms with Crippen molar-refractivity contribution < 1.29 is 9.53 Å². The summed E-state index contributed by atoms with van der Waals surface area (Å²) in [5.41, 5.74) is 0.876. The molecule has 1 aromatic rings. The van der Waals surface area contributed by atoms with Gasteiger partial charge in [0.1, 0.15) is 11.8 Å². The summed E-state index contributed by atoms with van der Waals surface area (Å²) in [6, 6.07) is 5.18. The standard InChI is InChI=1S/C15H19ClN2O2/c1-10(2)20-14-6-5-12(16)8-11(14)9-18-15(19)13-4-3-7-17-13/h3-6,8,10,13,17H,7,9H2,1-2H3,(H,18,19)/t13-/m0/s1. The van der Waals surface area contributed by atoms with Gasteiger partial charge in [0.2, 0.25) is 5.91 Å². The van der Waals surface area contributed by atoms with Crippen LogP contribution in [0.2, 0.25) is 5.02 Å². The monoisotopic (exact) mass is 294 g/mol. The number of carbonyl (C=O) groups is 1. The van der Waals surface area contributed by atoms with Crippen LogP contribution >= 0.6 is 11.6 Å². The summed E-state index contributed by atoms with van der Waals surface area (Å²) in [6.07, 6.45) is 3.88. The Hall–Kier alpha value is -1.52. The minimum absolute atomic E-state index is 0.0470. The molecule has 4 nitrogen and oxygen atoms in total. The number of hydrogen-bond donors (Lipinski definition) is 2. The van der Waals surface area contributed by atoms with Crippen LogP contribution in [0.15, 0.2) is 30.4 Å². The van der Waals surface area contributed by atoms with E-state index in [-0.39, 0.29) is 18.1 Å². The third-order valence-corrected chi connectivity index (χ3v) is 3.14. The van der Waals surface area contributed by atoms with Crippen LogP contribution in [-0.2, 0) is 11.3 Å². The van der Waals surface area contributed by atoms with Crippen molar-refractivity contribution in [2.75, 3.05) is 6.54 Å². The van der Waals surface area contributed by atoms with E-state index in [9.17, 15) is 4.79 Å². The number of rotatable bonds is 5. The highest BCUT2D eigenvalue weighted by atomic mass is 35.5. The lowest BCUT2D eigenvalue weighted by atomic mass is 10.2. The second-order valence-corrected chi connectivity index (χ2v) is 5.39.